The summed E-state index contributed by atoms with van der Waals surface area (Å²) in [6.45, 7) is 21.8. The van der Waals surface area contributed by atoms with Gasteiger partial charge in [-0.15, -0.1) is 0 Å². The number of nitrogens with zero attached hydrogens (tertiary/aromatic N) is 3. The maximum absolute atomic E-state index is 13.0. The van der Waals surface area contributed by atoms with E-state index in [0.717, 1.165) is 35.1 Å². The lowest BCUT2D eigenvalue weighted by Crippen LogP contribution is -2.56. The van der Waals surface area contributed by atoms with Crippen molar-refractivity contribution in [2.75, 3.05) is 31.3 Å². The van der Waals surface area contributed by atoms with Crippen LogP contribution in [0.25, 0.3) is 0 Å². The van der Waals surface area contributed by atoms with Crippen molar-refractivity contribution in [1.29, 1.82) is 0 Å². The predicted octanol–water partition coefficient (Wildman–Crippen LogP) is 7.82. The molecule has 3 rings (SSSR count). The third-order valence-electron chi connectivity index (χ3n) is 10.4. The zero-order valence-corrected chi connectivity index (χ0v) is 32.6. The molecular formula is C40H67N6O3+. The molecular weight excluding hydrogens is 612 g/mol. The summed E-state index contributed by atoms with van der Waals surface area (Å²) in [5, 5.41) is 19.3. The van der Waals surface area contributed by atoms with Crippen molar-refractivity contribution in [1.82, 2.24) is 15.2 Å². The first-order chi connectivity index (χ1) is 23.0. The molecule has 0 bridgehead atoms. The van der Waals surface area contributed by atoms with Gasteiger partial charge >= 0.3 is 0 Å². The van der Waals surface area contributed by atoms with Crippen LogP contribution in [0.3, 0.4) is 0 Å². The van der Waals surface area contributed by atoms with Gasteiger partial charge in [0.2, 0.25) is 5.91 Å². The number of allylic oxidation sites excluding steroid dienone is 1. The maximum Gasteiger partial charge on any atom is 0.251 e. The Kier molecular flexibility index (Phi) is 16.3. The fourth-order valence-electron chi connectivity index (χ4n) is 6.18. The summed E-state index contributed by atoms with van der Waals surface area (Å²) < 4.78 is 0.826. The number of likely N-dealkylation sites (N-methyl/N-ethyl adjacent to an activating group) is 2. The van der Waals surface area contributed by atoms with E-state index in [9.17, 15) is 14.7 Å². The van der Waals surface area contributed by atoms with Gasteiger partial charge in [-0.05, 0) is 57.7 Å². The molecule has 0 saturated carbocycles. The van der Waals surface area contributed by atoms with Crippen LogP contribution in [0.2, 0.25) is 0 Å². The summed E-state index contributed by atoms with van der Waals surface area (Å²) in [6.07, 6.45) is 19.4. The summed E-state index contributed by atoms with van der Waals surface area (Å²) in [6, 6.07) is 2.31. The lowest BCUT2D eigenvalue weighted by Gasteiger charge is -2.43. The number of anilines is 2. The second-order valence-electron chi connectivity index (χ2n) is 14.8. The van der Waals surface area contributed by atoms with Gasteiger partial charge < -0.3 is 30.4 Å². The molecule has 0 spiro atoms. The molecule has 5 unspecified atom stereocenters. The Morgan fingerprint density at radius 1 is 1.20 bits per heavy atom. The van der Waals surface area contributed by atoms with Gasteiger partial charge in [0, 0.05) is 43.7 Å². The molecule has 274 valence electrons. The minimum atomic E-state index is -0.491. The van der Waals surface area contributed by atoms with Crippen LogP contribution in [0, 0.1) is 12.3 Å². The molecule has 4 N–H and O–H groups in total. The molecule has 1 aromatic heterocycles. The van der Waals surface area contributed by atoms with Crippen LogP contribution in [0.4, 0.5) is 11.4 Å². The number of carbonyl (C=O) groups is 2. The van der Waals surface area contributed by atoms with Gasteiger partial charge in [0.1, 0.15) is 18.2 Å². The Labute approximate surface area is 297 Å². The minimum Gasteiger partial charge on any atom is -0.389 e. The Bertz CT molecular complexity index is 1380. The van der Waals surface area contributed by atoms with Gasteiger partial charge in [0.15, 0.2) is 0 Å². The van der Waals surface area contributed by atoms with E-state index in [2.05, 4.69) is 94.0 Å². The van der Waals surface area contributed by atoms with Crippen molar-refractivity contribution in [3.8, 4) is 0 Å². The summed E-state index contributed by atoms with van der Waals surface area (Å²) in [7, 11) is 4.26. The van der Waals surface area contributed by atoms with E-state index in [-0.39, 0.29) is 24.0 Å². The third-order valence-corrected chi connectivity index (χ3v) is 10.4. The standard InChI is InChI=1S/C31H46N6O3.C9H20/c1-9-26-14-13-24(28-19-36(7)30(34-28)23(6)38)16-21(4)37(26,8)15-11-12-20(3)31(40)35-27-17-25(18-32-22(27)5)33-29(39)10-2;1-5-7-8-9(3,4)6-2/h12-14,16-19,21,23,26,30,34,38H,9-11,15H2,1-8H3,(H-,33,35,39,40);5-8H2,1-4H3/p+1. The van der Waals surface area contributed by atoms with Crippen LogP contribution in [0.5, 0.6) is 0 Å². The predicted molar refractivity (Wildman–Crippen MR) is 205 cm³/mol. The highest BCUT2D eigenvalue weighted by molar-refractivity contribution is 6.04. The van der Waals surface area contributed by atoms with Gasteiger partial charge in [0.25, 0.3) is 5.91 Å². The molecule has 0 aromatic carbocycles. The van der Waals surface area contributed by atoms with Crippen LogP contribution < -0.4 is 16.0 Å². The number of nitrogens with one attached hydrogen (secondary N) is 3. The molecule has 9 nitrogen and oxygen atoms in total. The number of quaternary nitrogens is 1. The van der Waals surface area contributed by atoms with E-state index in [1.807, 2.05) is 31.9 Å². The molecule has 0 fully saturated rings. The number of aromatic nitrogens is 1. The topological polar surface area (TPSA) is 107 Å². The van der Waals surface area contributed by atoms with Crippen molar-refractivity contribution in [2.45, 2.75) is 139 Å². The number of amides is 2. The molecule has 0 radical (unpaired) electrons. The van der Waals surface area contributed by atoms with Gasteiger partial charge in [-0.25, -0.2) is 0 Å². The minimum absolute atomic E-state index is 0.104. The zero-order valence-electron chi connectivity index (χ0n) is 32.6. The average Bonchev–Trinajstić information content (AvgIpc) is 3.41. The van der Waals surface area contributed by atoms with Crippen molar-refractivity contribution in [2.24, 2.45) is 5.41 Å². The van der Waals surface area contributed by atoms with Crippen molar-refractivity contribution in [3.63, 3.8) is 0 Å². The Morgan fingerprint density at radius 3 is 2.47 bits per heavy atom. The number of aliphatic hydroxyl groups is 1. The van der Waals surface area contributed by atoms with E-state index in [1.165, 1.54) is 25.7 Å². The van der Waals surface area contributed by atoms with Gasteiger partial charge in [-0.1, -0.05) is 73.0 Å². The summed E-state index contributed by atoms with van der Waals surface area (Å²) in [5.41, 5.74) is 5.22. The summed E-state index contributed by atoms with van der Waals surface area (Å²) in [4.78, 5) is 31.1. The second-order valence-corrected chi connectivity index (χ2v) is 14.8. The van der Waals surface area contributed by atoms with Crippen LogP contribution >= 0.6 is 0 Å². The highest BCUT2D eigenvalue weighted by Gasteiger charge is 2.36. The maximum atomic E-state index is 13.0. The number of rotatable bonds is 14. The molecule has 9 heteroatoms. The van der Waals surface area contributed by atoms with Gasteiger partial charge in [-0.2, -0.15) is 0 Å². The third kappa shape index (κ3) is 12.1. The number of aryl methyl sites for hydroxylation is 1. The molecule has 2 aliphatic heterocycles. The number of unbranched alkanes of at least 4 members (excludes halogenated alkanes) is 1. The van der Waals surface area contributed by atoms with Crippen LogP contribution in [-0.2, 0) is 9.59 Å². The molecule has 3 heterocycles. The van der Waals surface area contributed by atoms with E-state index in [0.29, 0.717) is 40.5 Å². The highest BCUT2D eigenvalue weighted by Crippen LogP contribution is 2.30. The fourth-order valence-corrected chi connectivity index (χ4v) is 6.18. The largest absolute Gasteiger partial charge is 0.389 e. The number of pyridine rings is 1. The molecule has 1 aromatic rings. The average molecular weight is 680 g/mol. The number of carbonyl (C=O) groups excluding carboxylic acids is 2. The summed E-state index contributed by atoms with van der Waals surface area (Å²) >= 11 is 0. The smallest absolute Gasteiger partial charge is 0.251 e. The van der Waals surface area contributed by atoms with Crippen LogP contribution in [-0.4, -0.2) is 76.3 Å². The second kappa shape index (κ2) is 19.1. The molecule has 2 aliphatic rings. The van der Waals surface area contributed by atoms with Gasteiger partial charge in [0.05, 0.1) is 48.7 Å². The van der Waals surface area contributed by atoms with Crippen LogP contribution in [0.15, 0.2) is 59.6 Å². The first kappa shape index (κ1) is 41.7. The van der Waals surface area contributed by atoms with Crippen molar-refractivity contribution < 1.29 is 19.2 Å². The van der Waals surface area contributed by atoms with E-state index in [4.69, 9.17) is 0 Å². The summed E-state index contributed by atoms with van der Waals surface area (Å²) in [5.74, 6) is -0.284. The molecule has 5 atom stereocenters. The van der Waals surface area contributed by atoms with E-state index in [1.54, 1.807) is 26.1 Å². The van der Waals surface area contributed by atoms with Gasteiger partial charge in [-0.3, -0.25) is 14.6 Å². The highest BCUT2D eigenvalue weighted by atomic mass is 16.3. The SMILES string of the molecule is CCC(=O)Nc1cnc(C)c(NC(=O)C(C)=CCC[N+]2(C)C(C)C=C(C3=CN(C)C(C(C)O)N3)C=CC2CC)c1.CCCCC(C)(C)CC. The lowest BCUT2D eigenvalue weighted by atomic mass is 9.85. The van der Waals surface area contributed by atoms with E-state index < -0.39 is 6.10 Å². The van der Waals surface area contributed by atoms with Crippen molar-refractivity contribution in [3.05, 3.63) is 65.3 Å². The zero-order chi connectivity index (χ0) is 36.9. The van der Waals surface area contributed by atoms with E-state index >= 15 is 0 Å². The fraction of sp³-hybridized carbons (Fsp3) is 0.625. The Balaban J connectivity index is 0.000000811. The number of hydrogen-bond acceptors (Lipinski definition) is 6. The van der Waals surface area contributed by atoms with Crippen LogP contribution in [0.1, 0.15) is 113 Å². The Morgan fingerprint density at radius 2 is 1.90 bits per heavy atom. The van der Waals surface area contributed by atoms with Crippen molar-refractivity contribution >= 4 is 23.2 Å². The normalized spacial score (nSPS) is 23.0. The Hall–Kier alpha value is -3.43. The molecule has 2 amide bonds. The monoisotopic (exact) mass is 680 g/mol. The first-order valence-corrected chi connectivity index (χ1v) is 18.4. The molecule has 0 aliphatic carbocycles. The molecule has 49 heavy (non-hydrogen) atoms. The number of hydrogen-bond donors (Lipinski definition) is 4. The molecule has 0 saturated heterocycles. The number of aliphatic hydroxyl groups excluding tert-OH is 1. The first-order valence-electron chi connectivity index (χ1n) is 18.4. The quantitative estimate of drug-likeness (QED) is 0.118. The lowest BCUT2D eigenvalue weighted by molar-refractivity contribution is -0.942.